The highest BCUT2D eigenvalue weighted by Gasteiger charge is 2.38. The molecule has 2 aliphatic heterocycles. The Morgan fingerprint density at radius 1 is 1.25 bits per heavy atom. The molecule has 7 heteroatoms. The second kappa shape index (κ2) is 8.35. The van der Waals surface area contributed by atoms with Crippen molar-refractivity contribution in [1.29, 1.82) is 5.26 Å². The lowest BCUT2D eigenvalue weighted by Crippen LogP contribution is -2.43. The monoisotopic (exact) mass is 376 g/mol. The third-order valence-corrected chi connectivity index (χ3v) is 4.46. The largest absolute Gasteiger partial charge is 0.447 e. The molecule has 0 fully saturated rings. The van der Waals surface area contributed by atoms with Gasteiger partial charge in [-0.2, -0.15) is 5.26 Å². The van der Waals surface area contributed by atoms with Crippen molar-refractivity contribution in [2.24, 2.45) is 0 Å². The summed E-state index contributed by atoms with van der Waals surface area (Å²) in [6, 6.07) is 6.93. The minimum absolute atomic E-state index is 0.0258. The van der Waals surface area contributed by atoms with Crippen LogP contribution in [0.3, 0.4) is 0 Å². The van der Waals surface area contributed by atoms with Gasteiger partial charge < -0.3 is 9.64 Å². The van der Waals surface area contributed by atoms with E-state index < -0.39 is 11.8 Å². The topological polar surface area (TPSA) is 86.5 Å². The SMILES string of the molecule is CCCCC1=C(C#N)C(=O)N(c2ccccn2)C(=O)C1=CC=C1OC=CN1C. The number of carbonyl (C=O) groups is 2. The number of nitrogens with zero attached hydrogens (tertiary/aromatic N) is 4. The Morgan fingerprint density at radius 2 is 2.07 bits per heavy atom. The van der Waals surface area contributed by atoms with Crippen LogP contribution in [0.5, 0.6) is 0 Å². The number of allylic oxidation sites excluding steroid dienone is 2. The van der Waals surface area contributed by atoms with Crippen molar-refractivity contribution in [3.05, 3.63) is 71.6 Å². The molecular formula is C21H20N4O3. The lowest BCUT2D eigenvalue weighted by Gasteiger charge is -2.27. The Labute approximate surface area is 163 Å². The van der Waals surface area contributed by atoms with Crippen LogP contribution in [0.4, 0.5) is 5.82 Å². The van der Waals surface area contributed by atoms with Gasteiger partial charge in [0.1, 0.15) is 23.7 Å². The van der Waals surface area contributed by atoms with Crippen molar-refractivity contribution in [2.45, 2.75) is 26.2 Å². The van der Waals surface area contributed by atoms with Gasteiger partial charge in [-0.05, 0) is 42.7 Å². The van der Waals surface area contributed by atoms with E-state index in [0.717, 1.165) is 17.7 Å². The van der Waals surface area contributed by atoms with Gasteiger partial charge in [-0.1, -0.05) is 19.4 Å². The maximum absolute atomic E-state index is 13.2. The molecule has 2 amide bonds. The number of anilines is 1. The fraction of sp³-hybridized carbons (Fsp3) is 0.238. The second-order valence-electron chi connectivity index (χ2n) is 6.30. The molecule has 0 bridgehead atoms. The minimum Gasteiger partial charge on any atom is -0.447 e. The minimum atomic E-state index is -0.641. The summed E-state index contributed by atoms with van der Waals surface area (Å²) < 4.78 is 5.37. The average molecular weight is 376 g/mol. The average Bonchev–Trinajstić information content (AvgIpc) is 3.11. The van der Waals surface area contributed by atoms with Crippen LogP contribution in [0, 0.1) is 11.3 Å². The second-order valence-corrected chi connectivity index (χ2v) is 6.30. The maximum atomic E-state index is 13.2. The van der Waals surface area contributed by atoms with E-state index in [1.807, 2.05) is 20.0 Å². The number of aromatic nitrogens is 1. The molecule has 0 aromatic carbocycles. The summed E-state index contributed by atoms with van der Waals surface area (Å²) in [6.45, 7) is 2.01. The highest BCUT2D eigenvalue weighted by Crippen LogP contribution is 2.32. The summed E-state index contributed by atoms with van der Waals surface area (Å²) in [5.74, 6) is -0.415. The first-order valence-electron chi connectivity index (χ1n) is 9.00. The molecule has 0 atom stereocenters. The molecule has 0 radical (unpaired) electrons. The zero-order chi connectivity index (χ0) is 20.1. The molecule has 0 spiro atoms. The predicted molar refractivity (Wildman–Crippen MR) is 103 cm³/mol. The van der Waals surface area contributed by atoms with Crippen LogP contribution in [0.15, 0.2) is 71.6 Å². The summed E-state index contributed by atoms with van der Waals surface area (Å²) in [7, 11) is 1.81. The summed E-state index contributed by atoms with van der Waals surface area (Å²) in [6.07, 6.45) is 10.1. The van der Waals surface area contributed by atoms with Crippen LogP contribution in [0.2, 0.25) is 0 Å². The van der Waals surface area contributed by atoms with Crippen molar-refractivity contribution in [3.63, 3.8) is 0 Å². The molecule has 1 aromatic rings. The molecule has 28 heavy (non-hydrogen) atoms. The zero-order valence-corrected chi connectivity index (χ0v) is 15.8. The summed E-state index contributed by atoms with van der Waals surface area (Å²) in [4.78, 5) is 32.9. The maximum Gasteiger partial charge on any atom is 0.277 e. The van der Waals surface area contributed by atoms with E-state index in [-0.39, 0.29) is 11.4 Å². The van der Waals surface area contributed by atoms with Gasteiger partial charge in [0.15, 0.2) is 5.88 Å². The van der Waals surface area contributed by atoms with E-state index in [1.54, 1.807) is 41.5 Å². The fourth-order valence-corrected chi connectivity index (χ4v) is 2.97. The Morgan fingerprint density at radius 3 is 2.68 bits per heavy atom. The molecule has 0 saturated heterocycles. The molecule has 142 valence electrons. The van der Waals surface area contributed by atoms with Crippen molar-refractivity contribution >= 4 is 17.6 Å². The zero-order valence-electron chi connectivity index (χ0n) is 15.8. The first-order valence-corrected chi connectivity index (χ1v) is 9.00. The van der Waals surface area contributed by atoms with Crippen molar-refractivity contribution in [3.8, 4) is 6.07 Å². The molecule has 1 aromatic heterocycles. The molecule has 0 N–H and O–H groups in total. The fourth-order valence-electron chi connectivity index (χ4n) is 2.97. The number of pyridine rings is 1. The third kappa shape index (κ3) is 3.58. The van der Waals surface area contributed by atoms with Gasteiger partial charge in [0.05, 0.1) is 0 Å². The van der Waals surface area contributed by atoms with Gasteiger partial charge in [0.2, 0.25) is 0 Å². The highest BCUT2D eigenvalue weighted by atomic mass is 16.5. The van der Waals surface area contributed by atoms with E-state index in [2.05, 4.69) is 4.98 Å². The Balaban J connectivity index is 2.12. The number of amides is 2. The molecule has 0 aliphatic carbocycles. The normalized spacial score (nSPS) is 19.6. The van der Waals surface area contributed by atoms with Gasteiger partial charge in [-0.3, -0.25) is 9.59 Å². The Kier molecular flexibility index (Phi) is 5.70. The Hall–Kier alpha value is -3.66. The van der Waals surface area contributed by atoms with Gasteiger partial charge in [-0.15, -0.1) is 0 Å². The number of imide groups is 1. The number of unbranched alkanes of at least 4 members (excludes halogenated alkanes) is 1. The lowest BCUT2D eigenvalue weighted by molar-refractivity contribution is -0.123. The number of rotatable bonds is 5. The van der Waals surface area contributed by atoms with Gasteiger partial charge >= 0.3 is 0 Å². The van der Waals surface area contributed by atoms with E-state index in [4.69, 9.17) is 4.74 Å². The van der Waals surface area contributed by atoms with Crippen LogP contribution < -0.4 is 4.90 Å². The molecule has 7 nitrogen and oxygen atoms in total. The van der Waals surface area contributed by atoms with E-state index >= 15 is 0 Å². The molecule has 2 aliphatic rings. The summed E-state index contributed by atoms with van der Waals surface area (Å²) in [5.41, 5.74) is 0.741. The van der Waals surface area contributed by atoms with Gasteiger partial charge in [-0.25, -0.2) is 9.88 Å². The number of nitriles is 1. The number of ether oxygens (including phenoxy) is 1. The lowest BCUT2D eigenvalue weighted by atomic mass is 9.90. The van der Waals surface area contributed by atoms with Crippen molar-refractivity contribution in [2.75, 3.05) is 11.9 Å². The highest BCUT2D eigenvalue weighted by molar-refractivity contribution is 6.31. The van der Waals surface area contributed by atoms with Crippen LogP contribution in [-0.4, -0.2) is 28.7 Å². The molecule has 3 heterocycles. The number of hydrogen-bond acceptors (Lipinski definition) is 6. The smallest absolute Gasteiger partial charge is 0.277 e. The quantitative estimate of drug-likeness (QED) is 0.579. The summed E-state index contributed by atoms with van der Waals surface area (Å²) in [5, 5.41) is 9.65. The number of carbonyl (C=O) groups excluding carboxylic acids is 2. The van der Waals surface area contributed by atoms with Crippen LogP contribution >= 0.6 is 0 Å². The predicted octanol–water partition coefficient (Wildman–Crippen LogP) is 3.17. The Bertz CT molecular complexity index is 952. The first-order chi connectivity index (χ1) is 13.6. The molecule has 0 saturated carbocycles. The van der Waals surface area contributed by atoms with Crippen molar-refractivity contribution < 1.29 is 14.3 Å². The van der Waals surface area contributed by atoms with E-state index in [0.29, 0.717) is 23.5 Å². The summed E-state index contributed by atoms with van der Waals surface area (Å²) >= 11 is 0. The number of hydrogen-bond donors (Lipinski definition) is 0. The van der Waals surface area contributed by atoms with Gasteiger partial charge in [0, 0.05) is 25.0 Å². The van der Waals surface area contributed by atoms with Crippen LogP contribution in [0.1, 0.15) is 26.2 Å². The molecule has 3 rings (SSSR count). The van der Waals surface area contributed by atoms with Crippen molar-refractivity contribution in [1.82, 2.24) is 9.88 Å². The van der Waals surface area contributed by atoms with Crippen LogP contribution in [0.25, 0.3) is 0 Å². The van der Waals surface area contributed by atoms with Crippen LogP contribution in [-0.2, 0) is 14.3 Å². The molecule has 0 unspecified atom stereocenters. The molecular weight excluding hydrogens is 356 g/mol. The third-order valence-electron chi connectivity index (χ3n) is 4.46. The standard InChI is InChI=1S/C21H20N4O3/c1-3-4-7-15-16(9-10-19-24(2)12-13-28-19)20(26)25(21(27)17(15)14-22)18-8-5-6-11-23-18/h5-6,8-13H,3-4,7H2,1-2H3. The van der Waals surface area contributed by atoms with E-state index in [9.17, 15) is 14.9 Å². The van der Waals surface area contributed by atoms with Gasteiger partial charge in [0.25, 0.3) is 11.8 Å². The first kappa shape index (κ1) is 19.1. The van der Waals surface area contributed by atoms with E-state index in [1.165, 1.54) is 12.5 Å².